The number of nitrogens with zero attached hydrogens (tertiary/aromatic N) is 5. The maximum absolute atomic E-state index is 13.5. The average molecular weight is 598 g/mol. The topological polar surface area (TPSA) is 111 Å². The zero-order valence-corrected chi connectivity index (χ0v) is 25.0. The van der Waals surface area contributed by atoms with Gasteiger partial charge in [-0.2, -0.15) is 0 Å². The number of imidazole rings is 1. The number of methoxy groups -OCH3 is 1. The molecule has 4 heterocycles. The minimum Gasteiger partial charge on any atom is -0.495 e. The van der Waals surface area contributed by atoms with Crippen molar-refractivity contribution in [2.75, 3.05) is 31.4 Å². The molecule has 0 aliphatic carbocycles. The summed E-state index contributed by atoms with van der Waals surface area (Å²) in [6.45, 7) is 4.57. The number of hydrogen-bond donors (Lipinski definition) is 0. The van der Waals surface area contributed by atoms with Gasteiger partial charge in [0, 0.05) is 30.8 Å². The molecule has 0 radical (unpaired) electrons. The Labute approximate surface area is 243 Å². The van der Waals surface area contributed by atoms with E-state index >= 15 is 0 Å². The third-order valence-corrected chi connectivity index (χ3v) is 9.72. The van der Waals surface area contributed by atoms with Crippen molar-refractivity contribution in [3.05, 3.63) is 58.7 Å². The Morgan fingerprint density at radius 3 is 2.59 bits per heavy atom. The van der Waals surface area contributed by atoms with Gasteiger partial charge in [0.05, 0.1) is 47.2 Å². The van der Waals surface area contributed by atoms with Gasteiger partial charge in [0.15, 0.2) is 0 Å². The Kier molecular flexibility index (Phi) is 7.07. The van der Waals surface area contributed by atoms with Crippen LogP contribution in [0.1, 0.15) is 55.0 Å². The molecule has 12 heteroatoms. The number of carbonyl (C=O) groups is 1. The number of anilines is 1. The van der Waals surface area contributed by atoms with Crippen LogP contribution in [-0.2, 0) is 14.8 Å². The molecule has 41 heavy (non-hydrogen) atoms. The van der Waals surface area contributed by atoms with Gasteiger partial charge < -0.3 is 18.7 Å². The van der Waals surface area contributed by atoms with Gasteiger partial charge in [0.2, 0.25) is 15.9 Å². The van der Waals surface area contributed by atoms with Crippen LogP contribution in [0.5, 0.6) is 5.75 Å². The smallest absolute Gasteiger partial charge is 0.227 e. The molecule has 2 aromatic carbocycles. The number of halogens is 1. The molecule has 1 amide bonds. The number of aryl methyl sites for hydroxylation is 2. The van der Waals surface area contributed by atoms with Crippen LogP contribution in [0.25, 0.3) is 22.2 Å². The minimum atomic E-state index is -3.35. The Morgan fingerprint density at radius 2 is 1.93 bits per heavy atom. The predicted molar refractivity (Wildman–Crippen MR) is 157 cm³/mol. The Balaban J connectivity index is 1.52. The van der Waals surface area contributed by atoms with Gasteiger partial charge >= 0.3 is 0 Å². The summed E-state index contributed by atoms with van der Waals surface area (Å²) < 4.78 is 39.2. The van der Waals surface area contributed by atoms with Crippen molar-refractivity contribution >= 4 is 44.3 Å². The average Bonchev–Trinajstić information content (AvgIpc) is 3.64. The molecule has 2 aliphatic rings. The standard InChI is InChI=1S/C29H32ClN5O5S/c1-17-28(18(2)40-32-17)19-8-10-24-23(14-19)31-29(35(24)21-12-13-33(16-21)41(4,37)38)25-6-5-7-27(36)34(25)20-9-11-26(39-3)22(30)15-20/h8-11,14-15,21,25H,5-7,12-13,16H2,1-4H3/t21-,25+/m1/s1. The summed E-state index contributed by atoms with van der Waals surface area (Å²) in [7, 11) is -1.79. The van der Waals surface area contributed by atoms with E-state index in [2.05, 4.69) is 9.72 Å². The van der Waals surface area contributed by atoms with Crippen LogP contribution in [0.2, 0.25) is 5.02 Å². The molecule has 216 valence electrons. The molecule has 4 aromatic rings. The highest BCUT2D eigenvalue weighted by Crippen LogP contribution is 2.42. The number of piperidine rings is 1. The fraction of sp³-hybridized carbons (Fsp3) is 0.414. The van der Waals surface area contributed by atoms with E-state index in [1.807, 2.05) is 38.1 Å². The van der Waals surface area contributed by atoms with Crippen LogP contribution in [0, 0.1) is 13.8 Å². The third kappa shape index (κ3) is 4.89. The van der Waals surface area contributed by atoms with Crippen molar-refractivity contribution in [1.82, 2.24) is 19.0 Å². The van der Waals surface area contributed by atoms with Gasteiger partial charge in [-0.05, 0) is 69.0 Å². The van der Waals surface area contributed by atoms with Crippen molar-refractivity contribution in [3.63, 3.8) is 0 Å². The first-order chi connectivity index (χ1) is 19.6. The molecule has 0 N–H and O–H groups in total. The molecule has 6 rings (SSSR count). The number of hydrogen-bond acceptors (Lipinski definition) is 7. The summed E-state index contributed by atoms with van der Waals surface area (Å²) in [5, 5.41) is 4.52. The largest absolute Gasteiger partial charge is 0.495 e. The van der Waals surface area contributed by atoms with Gasteiger partial charge in [0.25, 0.3) is 0 Å². The second-order valence-electron chi connectivity index (χ2n) is 10.8. The zero-order valence-electron chi connectivity index (χ0n) is 23.4. The van der Waals surface area contributed by atoms with Crippen LogP contribution >= 0.6 is 11.6 Å². The van der Waals surface area contributed by atoms with Gasteiger partial charge in [-0.1, -0.05) is 22.8 Å². The molecule has 0 saturated carbocycles. The summed E-state index contributed by atoms with van der Waals surface area (Å²) in [5.41, 5.74) is 4.98. The first kappa shape index (κ1) is 27.7. The highest BCUT2D eigenvalue weighted by molar-refractivity contribution is 7.88. The van der Waals surface area contributed by atoms with E-state index in [4.69, 9.17) is 25.8 Å². The van der Waals surface area contributed by atoms with E-state index in [0.717, 1.165) is 45.9 Å². The molecule has 0 spiro atoms. The van der Waals surface area contributed by atoms with E-state index in [1.165, 1.54) is 10.6 Å². The molecule has 2 aromatic heterocycles. The van der Waals surface area contributed by atoms with Crippen LogP contribution in [-0.4, -0.2) is 59.8 Å². The Bertz CT molecular complexity index is 1750. The van der Waals surface area contributed by atoms with E-state index in [9.17, 15) is 13.2 Å². The second kappa shape index (κ2) is 10.5. The quantitative estimate of drug-likeness (QED) is 0.291. The number of amides is 1. The molecule has 2 fully saturated rings. The van der Waals surface area contributed by atoms with Crippen LogP contribution in [0.15, 0.2) is 40.9 Å². The van der Waals surface area contributed by atoms with E-state index in [0.29, 0.717) is 48.8 Å². The molecule has 2 saturated heterocycles. The Hall–Kier alpha value is -3.41. The number of ether oxygens (including phenoxy) is 1. The van der Waals surface area contributed by atoms with Gasteiger partial charge in [-0.25, -0.2) is 17.7 Å². The fourth-order valence-corrected chi connectivity index (χ4v) is 7.38. The zero-order chi connectivity index (χ0) is 29.1. The van der Waals surface area contributed by atoms with E-state index in [-0.39, 0.29) is 18.0 Å². The summed E-state index contributed by atoms with van der Waals surface area (Å²) in [4.78, 5) is 20.4. The number of rotatable bonds is 6. The van der Waals surface area contributed by atoms with E-state index < -0.39 is 10.0 Å². The van der Waals surface area contributed by atoms with Crippen molar-refractivity contribution in [2.45, 2.75) is 51.6 Å². The lowest BCUT2D eigenvalue weighted by atomic mass is 9.99. The number of fused-ring (bicyclic) bond motifs is 1. The highest BCUT2D eigenvalue weighted by atomic mass is 35.5. The van der Waals surface area contributed by atoms with E-state index in [1.54, 1.807) is 24.1 Å². The molecular weight excluding hydrogens is 566 g/mol. The SMILES string of the molecule is COc1ccc(N2C(=O)CCC[C@H]2c2nc3cc(-c4c(C)noc4C)ccc3n2[C@@H]2CCN(S(C)(=O)=O)C2)cc1Cl. The predicted octanol–water partition coefficient (Wildman–Crippen LogP) is 5.43. The van der Waals surface area contributed by atoms with Gasteiger partial charge in [-0.15, -0.1) is 0 Å². The molecule has 0 bridgehead atoms. The first-order valence-electron chi connectivity index (χ1n) is 13.6. The number of aromatic nitrogens is 3. The van der Waals surface area contributed by atoms with Gasteiger partial charge in [0.1, 0.15) is 17.3 Å². The number of sulfonamides is 1. The lowest BCUT2D eigenvalue weighted by Crippen LogP contribution is -2.40. The van der Waals surface area contributed by atoms with Crippen molar-refractivity contribution in [1.29, 1.82) is 0 Å². The van der Waals surface area contributed by atoms with Crippen molar-refractivity contribution < 1.29 is 22.5 Å². The fourth-order valence-electron chi connectivity index (χ4n) is 6.25. The molecule has 2 atom stereocenters. The van der Waals surface area contributed by atoms with Crippen LogP contribution in [0.3, 0.4) is 0 Å². The molecule has 0 unspecified atom stereocenters. The summed E-state index contributed by atoms with van der Waals surface area (Å²) in [6, 6.07) is 10.9. The van der Waals surface area contributed by atoms with Crippen molar-refractivity contribution in [2.24, 2.45) is 0 Å². The number of carbonyl (C=O) groups excluding carboxylic acids is 1. The highest BCUT2D eigenvalue weighted by Gasteiger charge is 2.38. The first-order valence-corrected chi connectivity index (χ1v) is 15.8. The minimum absolute atomic E-state index is 0.0123. The molecule has 2 aliphatic heterocycles. The third-order valence-electron chi connectivity index (χ3n) is 8.16. The van der Waals surface area contributed by atoms with Crippen LogP contribution in [0.4, 0.5) is 5.69 Å². The second-order valence-corrected chi connectivity index (χ2v) is 13.2. The monoisotopic (exact) mass is 597 g/mol. The molecule has 10 nitrogen and oxygen atoms in total. The van der Waals surface area contributed by atoms with Crippen molar-refractivity contribution in [3.8, 4) is 16.9 Å². The summed E-state index contributed by atoms with van der Waals surface area (Å²) in [5.74, 6) is 1.97. The normalized spacial score (nSPS) is 20.3. The van der Waals surface area contributed by atoms with Gasteiger partial charge in [-0.3, -0.25) is 4.79 Å². The lowest BCUT2D eigenvalue weighted by molar-refractivity contribution is -0.120. The lowest BCUT2D eigenvalue weighted by Gasteiger charge is -2.36. The summed E-state index contributed by atoms with van der Waals surface area (Å²) in [6.07, 6.45) is 3.73. The maximum Gasteiger partial charge on any atom is 0.227 e. The number of benzene rings is 2. The maximum atomic E-state index is 13.5. The Morgan fingerprint density at radius 1 is 1.12 bits per heavy atom. The molecular formula is C29H32ClN5O5S. The summed E-state index contributed by atoms with van der Waals surface area (Å²) >= 11 is 6.48. The van der Waals surface area contributed by atoms with Crippen LogP contribution < -0.4 is 9.64 Å².